The van der Waals surface area contributed by atoms with Gasteiger partial charge in [-0.1, -0.05) is 0 Å². The van der Waals surface area contributed by atoms with Crippen LogP contribution < -0.4 is 10.6 Å². The first kappa shape index (κ1) is 21.2. The van der Waals surface area contributed by atoms with Crippen molar-refractivity contribution in [1.82, 2.24) is 24.9 Å². The highest BCUT2D eigenvalue weighted by atomic mass is 19.4. The molecule has 0 bridgehead atoms. The molecule has 4 aromatic heterocycles. The molecule has 3 N–H and O–H groups in total. The van der Waals surface area contributed by atoms with E-state index in [1.165, 1.54) is 18.3 Å². The summed E-state index contributed by atoms with van der Waals surface area (Å²) in [4.78, 5) is 31.2. The largest absolute Gasteiger partial charge is 0.405 e. The minimum absolute atomic E-state index is 0.0223. The van der Waals surface area contributed by atoms with Gasteiger partial charge >= 0.3 is 6.18 Å². The number of aromatic nitrogens is 5. The van der Waals surface area contributed by atoms with E-state index in [1.807, 2.05) is 6.92 Å². The molecule has 0 fully saturated rings. The summed E-state index contributed by atoms with van der Waals surface area (Å²) < 4.78 is 52.5. The summed E-state index contributed by atoms with van der Waals surface area (Å²) in [6, 6.07) is 6.15. The smallest absolute Gasteiger partial charge is 0.360 e. The third-order valence-electron chi connectivity index (χ3n) is 4.45. The van der Waals surface area contributed by atoms with Crippen LogP contribution >= 0.6 is 0 Å². The van der Waals surface area contributed by atoms with Crippen LogP contribution in [0.2, 0.25) is 0 Å². The first-order valence-corrected chi connectivity index (χ1v) is 9.25. The summed E-state index contributed by atoms with van der Waals surface area (Å²) in [7, 11) is 0. The Balaban J connectivity index is 1.63. The average molecular weight is 445 g/mol. The van der Waals surface area contributed by atoms with Gasteiger partial charge in [0.15, 0.2) is 5.78 Å². The fourth-order valence-corrected chi connectivity index (χ4v) is 2.97. The predicted octanol–water partition coefficient (Wildman–Crippen LogP) is 4.14. The van der Waals surface area contributed by atoms with E-state index in [1.54, 1.807) is 18.3 Å². The van der Waals surface area contributed by atoms with E-state index < -0.39 is 24.5 Å². The molecule has 0 atom stereocenters. The van der Waals surface area contributed by atoms with Crippen LogP contribution in [0.5, 0.6) is 0 Å². The molecule has 0 saturated heterocycles. The van der Waals surface area contributed by atoms with Crippen LogP contribution in [0.4, 0.5) is 34.9 Å². The monoisotopic (exact) mass is 445 g/mol. The maximum absolute atomic E-state index is 14.7. The maximum Gasteiger partial charge on any atom is 0.405 e. The number of ketones is 1. The van der Waals surface area contributed by atoms with Gasteiger partial charge in [-0.15, -0.1) is 0 Å². The SMILES string of the molecule is Cc1ccc(Nc2ccc(C(=O)c3c[nH]c4ncnc(NCC(F)(F)F)c34)c(F)n2)cn1. The van der Waals surface area contributed by atoms with Crippen molar-refractivity contribution in [3.63, 3.8) is 0 Å². The molecule has 164 valence electrons. The number of aromatic amines is 1. The van der Waals surface area contributed by atoms with Gasteiger partial charge < -0.3 is 15.6 Å². The standard InChI is InChI=1S/C20H15F4N7O/c1-10-2-3-11(6-25-10)30-14-5-4-12(17(21)31-14)16(32)13-7-26-18-15(13)19(29-9-28-18)27-8-20(22,23)24/h2-7,9H,8H2,1H3,(H,30,31)(H2,26,27,28,29). The quantitative estimate of drug-likeness (QED) is 0.233. The number of nitrogens with one attached hydrogen (secondary N) is 3. The Bertz CT molecular complexity index is 1290. The molecular weight excluding hydrogens is 430 g/mol. The summed E-state index contributed by atoms with van der Waals surface area (Å²) in [5.41, 5.74) is 1.07. The van der Waals surface area contributed by atoms with Crippen molar-refractivity contribution in [3.05, 3.63) is 65.8 Å². The number of hydrogen-bond acceptors (Lipinski definition) is 7. The molecule has 0 aliphatic carbocycles. The molecule has 8 nitrogen and oxygen atoms in total. The summed E-state index contributed by atoms with van der Waals surface area (Å²) in [5.74, 6) is -1.87. The number of pyridine rings is 2. The molecule has 12 heteroatoms. The highest BCUT2D eigenvalue weighted by Gasteiger charge is 2.28. The van der Waals surface area contributed by atoms with E-state index in [2.05, 4.69) is 35.6 Å². The minimum atomic E-state index is -4.50. The van der Waals surface area contributed by atoms with Gasteiger partial charge in [0.1, 0.15) is 30.2 Å². The average Bonchev–Trinajstić information content (AvgIpc) is 3.18. The molecular formula is C20H15F4N7O. The summed E-state index contributed by atoms with van der Waals surface area (Å²) in [6.45, 7) is 0.462. The normalized spacial score (nSPS) is 11.5. The van der Waals surface area contributed by atoms with Gasteiger partial charge in [-0.3, -0.25) is 9.78 Å². The van der Waals surface area contributed by atoms with E-state index in [9.17, 15) is 22.4 Å². The lowest BCUT2D eigenvalue weighted by Crippen LogP contribution is -2.22. The second-order valence-corrected chi connectivity index (χ2v) is 6.79. The van der Waals surface area contributed by atoms with Crippen molar-refractivity contribution in [2.45, 2.75) is 13.1 Å². The van der Waals surface area contributed by atoms with E-state index in [0.29, 0.717) is 5.69 Å². The Morgan fingerprint density at radius 3 is 2.59 bits per heavy atom. The predicted molar refractivity (Wildman–Crippen MR) is 108 cm³/mol. The molecule has 0 spiro atoms. The Morgan fingerprint density at radius 1 is 1.09 bits per heavy atom. The molecule has 0 unspecified atom stereocenters. The number of alkyl halides is 3. The topological polar surface area (TPSA) is 108 Å². The first-order chi connectivity index (χ1) is 15.2. The van der Waals surface area contributed by atoms with E-state index in [0.717, 1.165) is 12.0 Å². The third kappa shape index (κ3) is 4.48. The number of carbonyl (C=O) groups is 1. The number of carbonyl (C=O) groups excluding carboxylic acids is 1. The first-order valence-electron chi connectivity index (χ1n) is 9.25. The lowest BCUT2D eigenvalue weighted by molar-refractivity contribution is -0.115. The lowest BCUT2D eigenvalue weighted by Gasteiger charge is -2.10. The molecule has 4 aromatic rings. The number of H-pyrrole nitrogens is 1. The Morgan fingerprint density at radius 2 is 1.91 bits per heavy atom. The van der Waals surface area contributed by atoms with Crippen molar-refractivity contribution in [2.75, 3.05) is 17.2 Å². The zero-order valence-electron chi connectivity index (χ0n) is 16.5. The minimum Gasteiger partial charge on any atom is -0.360 e. The lowest BCUT2D eigenvalue weighted by atomic mass is 10.0. The van der Waals surface area contributed by atoms with Crippen LogP contribution in [0.1, 0.15) is 21.6 Å². The molecule has 32 heavy (non-hydrogen) atoms. The summed E-state index contributed by atoms with van der Waals surface area (Å²) in [5, 5.41) is 5.04. The molecule has 0 aliphatic heterocycles. The number of anilines is 3. The molecule has 4 rings (SSSR count). The van der Waals surface area contributed by atoms with Crippen LogP contribution in [0.15, 0.2) is 43.0 Å². The second-order valence-electron chi connectivity index (χ2n) is 6.79. The number of halogens is 4. The zero-order valence-corrected chi connectivity index (χ0v) is 16.5. The van der Waals surface area contributed by atoms with Crippen molar-refractivity contribution in [2.24, 2.45) is 0 Å². The van der Waals surface area contributed by atoms with Crippen molar-refractivity contribution in [3.8, 4) is 0 Å². The second kappa shape index (κ2) is 8.21. The number of hydrogen-bond donors (Lipinski definition) is 3. The summed E-state index contributed by atoms with van der Waals surface area (Å²) >= 11 is 0. The van der Waals surface area contributed by atoms with E-state index in [4.69, 9.17) is 0 Å². The van der Waals surface area contributed by atoms with Gasteiger partial charge in [0.2, 0.25) is 5.95 Å². The molecule has 0 aliphatic rings. The zero-order chi connectivity index (χ0) is 22.9. The maximum atomic E-state index is 14.7. The Hall–Kier alpha value is -4.09. The number of fused-ring (bicyclic) bond motifs is 1. The van der Waals surface area contributed by atoms with E-state index in [-0.39, 0.29) is 33.8 Å². The number of nitrogens with zero attached hydrogens (tertiary/aromatic N) is 4. The molecule has 0 aromatic carbocycles. The molecule has 4 heterocycles. The van der Waals surface area contributed by atoms with Crippen molar-refractivity contribution >= 4 is 34.1 Å². The number of aryl methyl sites for hydroxylation is 1. The molecule has 0 amide bonds. The summed E-state index contributed by atoms with van der Waals surface area (Å²) in [6.07, 6.45) is -0.655. The third-order valence-corrected chi connectivity index (χ3v) is 4.45. The Kier molecular flexibility index (Phi) is 5.43. The van der Waals surface area contributed by atoms with Crippen molar-refractivity contribution < 1.29 is 22.4 Å². The van der Waals surface area contributed by atoms with Gasteiger partial charge in [-0.25, -0.2) is 15.0 Å². The Labute approximate surface area is 178 Å². The van der Waals surface area contributed by atoms with Crippen LogP contribution in [0.25, 0.3) is 11.0 Å². The van der Waals surface area contributed by atoms with E-state index >= 15 is 0 Å². The van der Waals surface area contributed by atoms with Gasteiger partial charge in [0, 0.05) is 11.9 Å². The van der Waals surface area contributed by atoms with Crippen LogP contribution in [-0.2, 0) is 0 Å². The fraction of sp³-hybridized carbons (Fsp3) is 0.150. The highest BCUT2D eigenvalue weighted by molar-refractivity contribution is 6.18. The fourth-order valence-electron chi connectivity index (χ4n) is 2.97. The van der Waals surface area contributed by atoms with Crippen molar-refractivity contribution in [1.29, 1.82) is 0 Å². The van der Waals surface area contributed by atoms with Gasteiger partial charge in [0.25, 0.3) is 0 Å². The van der Waals surface area contributed by atoms with Gasteiger partial charge in [-0.2, -0.15) is 17.6 Å². The highest BCUT2D eigenvalue weighted by Crippen LogP contribution is 2.27. The van der Waals surface area contributed by atoms with Gasteiger partial charge in [0.05, 0.1) is 28.4 Å². The molecule has 0 radical (unpaired) electrons. The number of rotatable bonds is 6. The van der Waals surface area contributed by atoms with Crippen LogP contribution in [0.3, 0.4) is 0 Å². The van der Waals surface area contributed by atoms with Gasteiger partial charge in [-0.05, 0) is 31.2 Å². The van der Waals surface area contributed by atoms with Crippen LogP contribution in [-0.4, -0.2) is 43.4 Å². The van der Waals surface area contributed by atoms with Crippen LogP contribution in [0, 0.1) is 12.9 Å². The molecule has 0 saturated carbocycles.